The van der Waals surface area contributed by atoms with Gasteiger partial charge >= 0.3 is 0 Å². The van der Waals surface area contributed by atoms with Crippen LogP contribution in [0.5, 0.6) is 0 Å². The molecule has 2 atom stereocenters. The highest BCUT2D eigenvalue weighted by Crippen LogP contribution is 2.27. The Morgan fingerprint density at radius 2 is 2.12 bits per heavy atom. The number of hydrogen-bond donors (Lipinski definition) is 1. The van der Waals surface area contributed by atoms with Crippen molar-refractivity contribution in [2.45, 2.75) is 12.8 Å². The average Bonchev–Trinajstić information content (AvgIpc) is 2.98. The van der Waals surface area contributed by atoms with Gasteiger partial charge in [-0.2, -0.15) is 4.98 Å². The van der Waals surface area contributed by atoms with Gasteiger partial charge in [-0.25, -0.2) is 0 Å². The predicted octanol–water partition coefficient (Wildman–Crippen LogP) is 1.45. The van der Waals surface area contributed by atoms with Gasteiger partial charge in [-0.3, -0.25) is 4.98 Å². The van der Waals surface area contributed by atoms with E-state index in [1.54, 1.807) is 12.4 Å². The van der Waals surface area contributed by atoms with Crippen LogP contribution in [-0.2, 0) is 0 Å². The normalized spacial score (nSPS) is 24.1. The summed E-state index contributed by atoms with van der Waals surface area (Å²) in [6.45, 7) is 4.12. The largest absolute Gasteiger partial charge is 0.339 e. The summed E-state index contributed by atoms with van der Waals surface area (Å²) in [6, 6.07) is 3.76. The molecule has 5 nitrogen and oxygen atoms in total. The van der Waals surface area contributed by atoms with Crippen molar-refractivity contribution in [3.63, 3.8) is 0 Å². The zero-order valence-electron chi connectivity index (χ0n) is 9.63. The molecule has 0 radical (unpaired) electrons. The second kappa shape index (κ2) is 4.25. The molecule has 1 N–H and O–H groups in total. The number of nitrogens with zero attached hydrogens (tertiary/aromatic N) is 3. The Kier molecular flexibility index (Phi) is 2.60. The summed E-state index contributed by atoms with van der Waals surface area (Å²) in [4.78, 5) is 8.44. The van der Waals surface area contributed by atoms with Crippen LogP contribution in [0.25, 0.3) is 11.4 Å². The van der Waals surface area contributed by atoms with Gasteiger partial charge < -0.3 is 9.84 Å². The fraction of sp³-hybridized carbons (Fsp3) is 0.417. The maximum Gasteiger partial charge on any atom is 0.231 e. The van der Waals surface area contributed by atoms with Gasteiger partial charge in [0.15, 0.2) is 0 Å². The first-order chi connectivity index (χ1) is 8.34. The average molecular weight is 230 g/mol. The predicted molar refractivity (Wildman–Crippen MR) is 62.3 cm³/mol. The molecular weight excluding hydrogens is 216 g/mol. The molecule has 0 amide bonds. The van der Waals surface area contributed by atoms with Crippen LogP contribution < -0.4 is 5.32 Å². The van der Waals surface area contributed by atoms with Gasteiger partial charge in [0.2, 0.25) is 11.7 Å². The van der Waals surface area contributed by atoms with Gasteiger partial charge in [0, 0.05) is 24.5 Å². The van der Waals surface area contributed by atoms with Gasteiger partial charge in [0.25, 0.3) is 0 Å². The first-order valence-electron chi connectivity index (χ1n) is 5.79. The Morgan fingerprint density at radius 3 is 2.82 bits per heavy atom. The Balaban J connectivity index is 1.88. The molecule has 2 aromatic heterocycles. The zero-order valence-corrected chi connectivity index (χ0v) is 9.63. The van der Waals surface area contributed by atoms with Crippen LogP contribution in [0.4, 0.5) is 0 Å². The van der Waals surface area contributed by atoms with E-state index in [4.69, 9.17) is 4.52 Å². The summed E-state index contributed by atoms with van der Waals surface area (Å²) in [5.74, 6) is 2.25. The minimum absolute atomic E-state index is 0.332. The lowest BCUT2D eigenvalue weighted by molar-refractivity contribution is 0.340. The molecule has 3 rings (SSSR count). The van der Waals surface area contributed by atoms with E-state index in [-0.39, 0.29) is 0 Å². The van der Waals surface area contributed by atoms with E-state index >= 15 is 0 Å². The SMILES string of the molecule is CC1CNCC1c1nc(-c2ccncc2)no1. The second-order valence-electron chi connectivity index (χ2n) is 4.43. The molecule has 88 valence electrons. The molecule has 1 aliphatic heterocycles. The summed E-state index contributed by atoms with van der Waals surface area (Å²) in [5, 5.41) is 7.36. The highest BCUT2D eigenvalue weighted by Gasteiger charge is 2.29. The third-order valence-corrected chi connectivity index (χ3v) is 3.21. The van der Waals surface area contributed by atoms with Crippen LogP contribution in [0.1, 0.15) is 18.7 Å². The van der Waals surface area contributed by atoms with Crippen molar-refractivity contribution in [2.24, 2.45) is 5.92 Å². The van der Waals surface area contributed by atoms with Crippen molar-refractivity contribution < 1.29 is 4.52 Å². The number of pyridine rings is 1. The maximum absolute atomic E-state index is 5.35. The number of rotatable bonds is 2. The topological polar surface area (TPSA) is 63.8 Å². The second-order valence-corrected chi connectivity index (χ2v) is 4.43. The molecule has 5 heteroatoms. The molecule has 1 saturated heterocycles. The molecule has 1 aliphatic rings. The third-order valence-electron chi connectivity index (χ3n) is 3.21. The molecule has 3 heterocycles. The van der Waals surface area contributed by atoms with E-state index in [1.807, 2.05) is 12.1 Å². The van der Waals surface area contributed by atoms with E-state index in [9.17, 15) is 0 Å². The van der Waals surface area contributed by atoms with E-state index < -0.39 is 0 Å². The van der Waals surface area contributed by atoms with Crippen molar-refractivity contribution in [3.05, 3.63) is 30.4 Å². The quantitative estimate of drug-likeness (QED) is 0.846. The van der Waals surface area contributed by atoms with Crippen LogP contribution in [0.2, 0.25) is 0 Å². The third kappa shape index (κ3) is 1.93. The van der Waals surface area contributed by atoms with Crippen LogP contribution >= 0.6 is 0 Å². The van der Waals surface area contributed by atoms with Gasteiger partial charge in [-0.05, 0) is 24.6 Å². The van der Waals surface area contributed by atoms with Crippen molar-refractivity contribution in [2.75, 3.05) is 13.1 Å². The number of hydrogen-bond acceptors (Lipinski definition) is 5. The summed E-state index contributed by atoms with van der Waals surface area (Å²) >= 11 is 0. The molecule has 0 spiro atoms. The van der Waals surface area contributed by atoms with Gasteiger partial charge in [-0.15, -0.1) is 0 Å². The summed E-state index contributed by atoms with van der Waals surface area (Å²) in [5.41, 5.74) is 0.939. The fourth-order valence-electron chi connectivity index (χ4n) is 2.14. The van der Waals surface area contributed by atoms with E-state index in [0.29, 0.717) is 17.7 Å². The highest BCUT2D eigenvalue weighted by molar-refractivity contribution is 5.52. The van der Waals surface area contributed by atoms with Crippen molar-refractivity contribution in [3.8, 4) is 11.4 Å². The molecule has 0 aliphatic carbocycles. The Morgan fingerprint density at radius 1 is 1.29 bits per heavy atom. The Bertz CT molecular complexity index is 496. The fourth-order valence-corrected chi connectivity index (χ4v) is 2.14. The van der Waals surface area contributed by atoms with Crippen LogP contribution in [0.15, 0.2) is 29.0 Å². The van der Waals surface area contributed by atoms with Crippen LogP contribution in [0, 0.1) is 5.92 Å². The Labute approximate surface area is 99.3 Å². The Hall–Kier alpha value is -1.75. The molecule has 1 fully saturated rings. The smallest absolute Gasteiger partial charge is 0.231 e. The number of aromatic nitrogens is 3. The van der Waals surface area contributed by atoms with Crippen molar-refractivity contribution in [1.29, 1.82) is 0 Å². The molecular formula is C12H14N4O. The van der Waals surface area contributed by atoms with Crippen LogP contribution in [-0.4, -0.2) is 28.2 Å². The first-order valence-corrected chi connectivity index (χ1v) is 5.79. The summed E-state index contributed by atoms with van der Waals surface area (Å²) in [7, 11) is 0. The molecule has 17 heavy (non-hydrogen) atoms. The lowest BCUT2D eigenvalue weighted by Gasteiger charge is -2.07. The molecule has 0 saturated carbocycles. The van der Waals surface area contributed by atoms with Crippen LogP contribution in [0.3, 0.4) is 0 Å². The summed E-state index contributed by atoms with van der Waals surface area (Å²) < 4.78 is 5.35. The van der Waals surface area contributed by atoms with Gasteiger partial charge in [0.1, 0.15) is 0 Å². The minimum atomic E-state index is 0.332. The van der Waals surface area contributed by atoms with Gasteiger partial charge in [0.05, 0.1) is 5.92 Å². The molecule has 2 aromatic rings. The van der Waals surface area contributed by atoms with Crippen molar-refractivity contribution >= 4 is 0 Å². The maximum atomic E-state index is 5.35. The van der Waals surface area contributed by atoms with E-state index in [2.05, 4.69) is 27.4 Å². The van der Waals surface area contributed by atoms with Crippen molar-refractivity contribution in [1.82, 2.24) is 20.4 Å². The monoisotopic (exact) mass is 230 g/mol. The first kappa shape index (κ1) is 10.4. The standard InChI is InChI=1S/C12H14N4O/c1-8-6-14-7-10(8)12-15-11(16-17-12)9-2-4-13-5-3-9/h2-5,8,10,14H,6-7H2,1H3. The zero-order chi connectivity index (χ0) is 11.7. The van der Waals surface area contributed by atoms with E-state index in [0.717, 1.165) is 24.5 Å². The minimum Gasteiger partial charge on any atom is -0.339 e. The van der Waals surface area contributed by atoms with E-state index in [1.165, 1.54) is 0 Å². The summed E-state index contributed by atoms with van der Waals surface area (Å²) in [6.07, 6.45) is 3.45. The molecule has 0 aromatic carbocycles. The lowest BCUT2D eigenvalue weighted by Crippen LogP contribution is -2.08. The molecule has 0 bridgehead atoms. The number of nitrogens with one attached hydrogen (secondary N) is 1. The van der Waals surface area contributed by atoms with Gasteiger partial charge in [-0.1, -0.05) is 12.1 Å². The highest BCUT2D eigenvalue weighted by atomic mass is 16.5. The molecule has 2 unspecified atom stereocenters. The lowest BCUT2D eigenvalue weighted by atomic mass is 9.98.